The van der Waals surface area contributed by atoms with Crippen molar-refractivity contribution in [2.75, 3.05) is 0 Å². The molecule has 0 amide bonds. The van der Waals surface area contributed by atoms with Gasteiger partial charge in [-0.2, -0.15) is 0 Å². The molecule has 0 aromatic carbocycles. The first-order valence-electron chi connectivity index (χ1n) is 23.5. The Kier molecular flexibility index (Phi) is 10.5. The van der Waals surface area contributed by atoms with Gasteiger partial charge in [-0.1, -0.05) is 54.4 Å². The lowest BCUT2D eigenvalue weighted by atomic mass is 9.42. The lowest BCUT2D eigenvalue weighted by molar-refractivity contribution is -0.321. The van der Waals surface area contributed by atoms with E-state index >= 15 is 0 Å². The van der Waals surface area contributed by atoms with E-state index in [0.29, 0.717) is 54.3 Å². The highest BCUT2D eigenvalue weighted by Gasteiger charge is 2.68. The summed E-state index contributed by atoms with van der Waals surface area (Å²) in [6, 6.07) is 0. The quantitative estimate of drug-likeness (QED) is 0.136. The molecule has 0 saturated heterocycles. The number of carboxylic acid groups (broad SMARTS) is 1. The molecule has 0 spiro atoms. The maximum Gasteiger partial charge on any atom is 0.308 e. The number of esters is 1. The van der Waals surface area contributed by atoms with Gasteiger partial charge in [0.05, 0.1) is 0 Å². The molecule has 5 unspecified atom stereocenters. The van der Waals surface area contributed by atoms with Gasteiger partial charge in [0.25, 0.3) is 0 Å². The van der Waals surface area contributed by atoms with Gasteiger partial charge >= 0.3 is 11.9 Å². The Morgan fingerprint density at radius 2 is 1.18 bits per heavy atom. The lowest BCUT2D eigenvalue weighted by Gasteiger charge is -2.64. The molecule has 8 aliphatic carbocycles. The van der Waals surface area contributed by atoms with E-state index < -0.39 is 17.5 Å². The van der Waals surface area contributed by atoms with Crippen molar-refractivity contribution >= 4 is 11.9 Å². The molecule has 0 heterocycles. The van der Waals surface area contributed by atoms with E-state index in [4.69, 9.17) is 4.74 Å². The van der Waals surface area contributed by atoms with Gasteiger partial charge in [0.1, 0.15) is 0 Å². The fourth-order valence-corrected chi connectivity index (χ4v) is 17.9. The fraction of sp³-hybridized carbons (Fsp3) is 0.958. The third kappa shape index (κ3) is 6.60. The van der Waals surface area contributed by atoms with E-state index in [-0.39, 0.29) is 65.7 Å². The van der Waals surface area contributed by atoms with Gasteiger partial charge in [0.15, 0.2) is 5.79 Å². The van der Waals surface area contributed by atoms with Crippen LogP contribution in [0.25, 0.3) is 0 Å². The van der Waals surface area contributed by atoms with Crippen molar-refractivity contribution in [1.29, 1.82) is 0 Å². The first-order chi connectivity index (χ1) is 25.8. The summed E-state index contributed by atoms with van der Waals surface area (Å²) in [5.74, 6) is 0.756. The van der Waals surface area contributed by atoms with Crippen molar-refractivity contribution in [3.05, 3.63) is 0 Å². The number of fused-ring (bicyclic) bond motifs is 10. The van der Waals surface area contributed by atoms with Crippen LogP contribution in [-0.2, 0) is 14.3 Å². The minimum Gasteiger partial charge on any atom is -0.481 e. The molecule has 17 atom stereocenters. The molecule has 8 saturated carbocycles. The molecular weight excluding hydrogens is 689 g/mol. The number of carboxylic acids is 1. The van der Waals surface area contributed by atoms with Crippen molar-refractivity contribution in [3.8, 4) is 0 Å². The Labute approximate surface area is 332 Å². The summed E-state index contributed by atoms with van der Waals surface area (Å²) in [5, 5.41) is 45.0. The van der Waals surface area contributed by atoms with Crippen molar-refractivity contribution in [1.82, 2.24) is 0 Å². The minimum atomic E-state index is -1.85. The van der Waals surface area contributed by atoms with Crippen LogP contribution in [-0.4, -0.2) is 43.9 Å². The summed E-state index contributed by atoms with van der Waals surface area (Å²) < 4.78 is 6.03. The van der Waals surface area contributed by atoms with Gasteiger partial charge in [0, 0.05) is 38.0 Å². The van der Waals surface area contributed by atoms with Gasteiger partial charge in [-0.15, -0.1) is 0 Å². The van der Waals surface area contributed by atoms with E-state index in [1.165, 1.54) is 64.2 Å². The van der Waals surface area contributed by atoms with Crippen molar-refractivity contribution in [3.63, 3.8) is 0 Å². The summed E-state index contributed by atoms with van der Waals surface area (Å²) in [5.41, 5.74) is 0.721. The molecule has 312 valence electrons. The smallest absolute Gasteiger partial charge is 0.308 e. The third-order valence-corrected chi connectivity index (χ3v) is 20.8. The monoisotopic (exact) mass is 767 g/mol. The molecule has 8 fully saturated rings. The normalized spacial score (nSPS) is 50.9. The molecule has 0 aromatic heterocycles. The first kappa shape index (κ1) is 40.6. The topological polar surface area (TPSA) is 124 Å². The summed E-state index contributed by atoms with van der Waals surface area (Å²) >= 11 is 0. The summed E-state index contributed by atoms with van der Waals surface area (Å²) in [4.78, 5) is 24.9. The number of carbonyl (C=O) groups excluding carboxylic acids is 1. The Hall–Kier alpha value is -1.18. The molecule has 0 aromatic rings. The van der Waals surface area contributed by atoms with E-state index in [1.807, 2.05) is 0 Å². The Morgan fingerprint density at radius 1 is 0.600 bits per heavy atom. The summed E-state index contributed by atoms with van der Waals surface area (Å²) in [6.07, 6.45) is 21.4. The molecule has 0 radical (unpaired) electrons. The zero-order valence-corrected chi connectivity index (χ0v) is 35.5. The van der Waals surface area contributed by atoms with Gasteiger partial charge in [-0.05, 0) is 183 Å². The molecule has 55 heavy (non-hydrogen) atoms. The van der Waals surface area contributed by atoms with Crippen LogP contribution in [0.15, 0.2) is 0 Å². The SMILES string of the molecule is C[C@H](CCC(=O)O)[C@H]1CC[C@H]2[C@H]3[C@H](CC[C@]12C)[C@@]1(C)CC[C@@](O)(OC(=O)CC[C@@H](C)[C@H]2CCC4C5CCC6CCCC[C@]6(C)C5CC[C@@]42C)CC1CC3(O)O. The maximum atomic E-state index is 13.6. The minimum absolute atomic E-state index is 0.0376. The average molecular weight is 767 g/mol. The van der Waals surface area contributed by atoms with Crippen LogP contribution in [0.1, 0.15) is 183 Å². The predicted molar refractivity (Wildman–Crippen MR) is 213 cm³/mol. The van der Waals surface area contributed by atoms with Crippen LogP contribution in [0, 0.1) is 92.7 Å². The predicted octanol–water partition coefficient (Wildman–Crippen LogP) is 10.1. The number of aliphatic hydroxyl groups is 3. The van der Waals surface area contributed by atoms with E-state index in [9.17, 15) is 30.0 Å². The van der Waals surface area contributed by atoms with E-state index in [1.54, 1.807) is 0 Å². The average Bonchev–Trinajstić information content (AvgIpc) is 3.66. The number of ether oxygens (including phenoxy) is 1. The first-order valence-corrected chi connectivity index (χ1v) is 23.5. The number of aliphatic carboxylic acids is 1. The molecule has 4 N–H and O–H groups in total. The number of rotatable bonds is 9. The third-order valence-electron chi connectivity index (χ3n) is 20.8. The lowest BCUT2D eigenvalue weighted by Crippen LogP contribution is -2.65. The molecular formula is C48H78O7. The highest BCUT2D eigenvalue weighted by atomic mass is 16.7. The number of carbonyl (C=O) groups is 2. The summed E-state index contributed by atoms with van der Waals surface area (Å²) in [6.45, 7) is 14.5. The van der Waals surface area contributed by atoms with E-state index in [2.05, 4.69) is 41.5 Å². The largest absolute Gasteiger partial charge is 0.481 e. The summed E-state index contributed by atoms with van der Waals surface area (Å²) in [7, 11) is 0. The second kappa shape index (κ2) is 14.2. The zero-order valence-electron chi connectivity index (χ0n) is 35.5. The second-order valence-electron chi connectivity index (χ2n) is 22.9. The molecule has 8 aliphatic rings. The van der Waals surface area contributed by atoms with Crippen LogP contribution in [0.4, 0.5) is 0 Å². The van der Waals surface area contributed by atoms with Crippen molar-refractivity contribution < 1.29 is 34.8 Å². The molecule has 7 heteroatoms. The number of hydrogen-bond donors (Lipinski definition) is 4. The zero-order chi connectivity index (χ0) is 39.3. The Morgan fingerprint density at radius 3 is 1.87 bits per heavy atom. The highest BCUT2D eigenvalue weighted by Crippen LogP contribution is 2.71. The second-order valence-corrected chi connectivity index (χ2v) is 22.9. The standard InChI is InChI=1S/C48H78O7/c1-29(10-18-40(49)50)35-15-17-38-42-39(21-24-46(35,38)6)44(4)25-26-47(52,27-32(44)28-48(42,53)54)55-41(51)19-11-30(2)34-14-16-36-33-13-12-31-9-7-8-22-43(31,3)37(33)20-23-45(34,36)5/h29-39,42,52-54H,7-28H2,1-6H3,(H,49,50)/t29-,30-,31?,32?,33?,34-,35-,36?,37?,38+,39+,42+,43+,44+,45-,46-,47-/m1/s1. The molecule has 0 aliphatic heterocycles. The van der Waals surface area contributed by atoms with Gasteiger partial charge in [-0.3, -0.25) is 9.59 Å². The molecule has 7 nitrogen and oxygen atoms in total. The highest BCUT2D eigenvalue weighted by molar-refractivity contribution is 5.69. The van der Waals surface area contributed by atoms with E-state index in [0.717, 1.165) is 55.8 Å². The van der Waals surface area contributed by atoms with Crippen LogP contribution in [0.3, 0.4) is 0 Å². The molecule has 8 rings (SSSR count). The van der Waals surface area contributed by atoms with Crippen molar-refractivity contribution in [2.45, 2.75) is 194 Å². The fourth-order valence-electron chi connectivity index (χ4n) is 17.9. The molecule has 0 bridgehead atoms. The van der Waals surface area contributed by atoms with Crippen LogP contribution in [0.2, 0.25) is 0 Å². The van der Waals surface area contributed by atoms with Crippen LogP contribution < -0.4 is 0 Å². The Balaban J connectivity index is 0.873. The van der Waals surface area contributed by atoms with Crippen LogP contribution in [0.5, 0.6) is 0 Å². The Bertz CT molecular complexity index is 1460. The van der Waals surface area contributed by atoms with Crippen molar-refractivity contribution in [2.24, 2.45) is 92.7 Å². The maximum absolute atomic E-state index is 13.6. The van der Waals surface area contributed by atoms with Gasteiger partial charge in [0.2, 0.25) is 5.79 Å². The van der Waals surface area contributed by atoms with Gasteiger partial charge < -0.3 is 25.2 Å². The van der Waals surface area contributed by atoms with Crippen LogP contribution >= 0.6 is 0 Å². The number of hydrogen-bond acceptors (Lipinski definition) is 6. The van der Waals surface area contributed by atoms with Gasteiger partial charge in [-0.25, -0.2) is 0 Å².